The summed E-state index contributed by atoms with van der Waals surface area (Å²) >= 11 is 0. The highest BCUT2D eigenvalue weighted by atomic mass is 14.0. The molecule has 110 valence electrons. The SMILES string of the molecule is C(=C/C=C/c1ccccc1)=C(c1ccccc1)c1ccccc1. The van der Waals surface area contributed by atoms with Crippen LogP contribution >= 0.6 is 0 Å². The molecule has 0 spiro atoms. The summed E-state index contributed by atoms with van der Waals surface area (Å²) in [5.74, 6) is 0. The standard InChI is InChI=1S/C23H18/c1-4-12-20(13-5-1)14-10-11-19-23(21-15-6-2-7-16-21)22-17-8-3-9-18-22/h1-18H/b14-10+. The minimum atomic E-state index is 1.10. The van der Waals surface area contributed by atoms with Gasteiger partial charge in [0.25, 0.3) is 0 Å². The van der Waals surface area contributed by atoms with Gasteiger partial charge in [0.05, 0.1) is 0 Å². The van der Waals surface area contributed by atoms with Crippen LogP contribution in [0.15, 0.2) is 109 Å². The molecule has 0 saturated carbocycles. The monoisotopic (exact) mass is 294 g/mol. The maximum atomic E-state index is 3.43. The van der Waals surface area contributed by atoms with Crippen molar-refractivity contribution in [3.8, 4) is 0 Å². The molecule has 23 heavy (non-hydrogen) atoms. The molecule has 3 rings (SSSR count). The van der Waals surface area contributed by atoms with Gasteiger partial charge in [-0.2, -0.15) is 0 Å². The maximum Gasteiger partial charge on any atom is 0.0309 e. The Kier molecular flexibility index (Phi) is 5.03. The van der Waals surface area contributed by atoms with Gasteiger partial charge >= 0.3 is 0 Å². The Morgan fingerprint density at radius 2 is 1.09 bits per heavy atom. The molecule has 0 heterocycles. The van der Waals surface area contributed by atoms with E-state index >= 15 is 0 Å². The third kappa shape index (κ3) is 4.20. The molecule has 0 saturated heterocycles. The molecule has 0 N–H and O–H groups in total. The van der Waals surface area contributed by atoms with Gasteiger partial charge in [0.2, 0.25) is 0 Å². The van der Waals surface area contributed by atoms with Gasteiger partial charge < -0.3 is 0 Å². The van der Waals surface area contributed by atoms with Gasteiger partial charge in [0, 0.05) is 5.57 Å². The molecular weight excluding hydrogens is 276 g/mol. The molecule has 0 amide bonds. The first-order valence-corrected chi connectivity index (χ1v) is 7.73. The third-order valence-electron chi connectivity index (χ3n) is 3.54. The van der Waals surface area contributed by atoms with Crippen LogP contribution in [0.2, 0.25) is 0 Å². The van der Waals surface area contributed by atoms with Gasteiger partial charge in [0.1, 0.15) is 0 Å². The molecule has 0 heteroatoms. The topological polar surface area (TPSA) is 0 Å². The molecule has 3 aromatic carbocycles. The maximum absolute atomic E-state index is 3.43. The summed E-state index contributed by atoms with van der Waals surface area (Å²) in [7, 11) is 0. The smallest absolute Gasteiger partial charge is 0.0309 e. The molecule has 0 nitrogen and oxygen atoms in total. The molecule has 0 unspecified atom stereocenters. The Labute approximate surface area is 137 Å². The lowest BCUT2D eigenvalue weighted by Crippen LogP contribution is -1.85. The van der Waals surface area contributed by atoms with Crippen LogP contribution in [-0.2, 0) is 0 Å². The average molecular weight is 294 g/mol. The number of hydrogen-bond acceptors (Lipinski definition) is 0. The molecule has 0 atom stereocenters. The van der Waals surface area contributed by atoms with Crippen LogP contribution in [0, 0.1) is 0 Å². The second kappa shape index (κ2) is 7.79. The normalized spacial score (nSPS) is 10.3. The highest BCUT2D eigenvalue weighted by Crippen LogP contribution is 2.21. The van der Waals surface area contributed by atoms with Crippen molar-refractivity contribution in [3.63, 3.8) is 0 Å². The minimum absolute atomic E-state index is 1.10. The van der Waals surface area contributed by atoms with Crippen molar-refractivity contribution < 1.29 is 0 Å². The number of benzene rings is 3. The van der Waals surface area contributed by atoms with Gasteiger partial charge in [-0.3, -0.25) is 0 Å². The molecule has 0 aliphatic heterocycles. The van der Waals surface area contributed by atoms with E-state index in [1.54, 1.807) is 0 Å². The fourth-order valence-electron chi connectivity index (χ4n) is 2.40. The summed E-state index contributed by atoms with van der Waals surface area (Å²) in [6.45, 7) is 0. The predicted molar refractivity (Wildman–Crippen MR) is 99.0 cm³/mol. The summed E-state index contributed by atoms with van der Waals surface area (Å²) in [5, 5.41) is 0. The summed E-state index contributed by atoms with van der Waals surface area (Å²) in [5.41, 5.74) is 8.05. The summed E-state index contributed by atoms with van der Waals surface area (Å²) in [4.78, 5) is 0. The van der Waals surface area contributed by atoms with Crippen molar-refractivity contribution in [3.05, 3.63) is 126 Å². The third-order valence-corrected chi connectivity index (χ3v) is 3.54. The summed E-state index contributed by atoms with van der Waals surface area (Å²) in [6, 6.07) is 31.0. The Balaban J connectivity index is 1.95. The zero-order chi connectivity index (χ0) is 15.7. The predicted octanol–water partition coefficient (Wildman–Crippen LogP) is 5.99. The molecule has 3 aromatic rings. The van der Waals surface area contributed by atoms with Crippen molar-refractivity contribution in [1.29, 1.82) is 0 Å². The Morgan fingerprint density at radius 3 is 1.61 bits per heavy atom. The average Bonchev–Trinajstić information content (AvgIpc) is 2.64. The van der Waals surface area contributed by atoms with Crippen molar-refractivity contribution in [2.45, 2.75) is 0 Å². The number of allylic oxidation sites excluding steroid dienone is 2. The Bertz CT molecular complexity index is 777. The van der Waals surface area contributed by atoms with Crippen molar-refractivity contribution >= 4 is 11.6 Å². The van der Waals surface area contributed by atoms with Gasteiger partial charge in [-0.1, -0.05) is 103 Å². The Hall–Kier alpha value is -3.08. The highest BCUT2D eigenvalue weighted by Gasteiger charge is 2.02. The molecular formula is C23H18. The van der Waals surface area contributed by atoms with E-state index in [0.717, 1.165) is 5.57 Å². The lowest BCUT2D eigenvalue weighted by molar-refractivity contribution is 1.55. The van der Waals surface area contributed by atoms with Crippen LogP contribution in [0.1, 0.15) is 16.7 Å². The first kappa shape index (κ1) is 14.8. The molecule has 0 aliphatic rings. The highest BCUT2D eigenvalue weighted by molar-refractivity contribution is 5.79. The van der Waals surface area contributed by atoms with E-state index in [9.17, 15) is 0 Å². The first-order chi connectivity index (χ1) is 11.4. The van der Waals surface area contributed by atoms with Gasteiger partial charge in [-0.25, -0.2) is 0 Å². The molecule has 0 aromatic heterocycles. The lowest BCUT2D eigenvalue weighted by atomic mass is 9.99. The van der Waals surface area contributed by atoms with Crippen LogP contribution < -0.4 is 0 Å². The van der Waals surface area contributed by atoms with Gasteiger partial charge in [-0.05, 0) is 22.8 Å². The van der Waals surface area contributed by atoms with E-state index < -0.39 is 0 Å². The fourth-order valence-corrected chi connectivity index (χ4v) is 2.40. The largest absolute Gasteiger partial charge is 0.112 e. The fraction of sp³-hybridized carbons (Fsp3) is 0. The molecule has 0 radical (unpaired) electrons. The summed E-state index contributed by atoms with van der Waals surface area (Å²) in [6.07, 6.45) is 6.09. The van der Waals surface area contributed by atoms with E-state index in [4.69, 9.17) is 0 Å². The van der Waals surface area contributed by atoms with Gasteiger partial charge in [-0.15, -0.1) is 5.73 Å². The molecule has 0 aliphatic carbocycles. The van der Waals surface area contributed by atoms with Crippen LogP contribution in [0.25, 0.3) is 11.6 Å². The quantitative estimate of drug-likeness (QED) is 0.410. The van der Waals surface area contributed by atoms with Gasteiger partial charge in [0.15, 0.2) is 0 Å². The van der Waals surface area contributed by atoms with Crippen LogP contribution in [0.3, 0.4) is 0 Å². The molecule has 0 fully saturated rings. The second-order valence-electron chi connectivity index (χ2n) is 5.19. The lowest BCUT2D eigenvalue weighted by Gasteiger charge is -2.04. The van der Waals surface area contributed by atoms with E-state index in [-0.39, 0.29) is 0 Å². The van der Waals surface area contributed by atoms with Crippen molar-refractivity contribution in [1.82, 2.24) is 0 Å². The summed E-state index contributed by atoms with van der Waals surface area (Å²) < 4.78 is 0. The second-order valence-corrected chi connectivity index (χ2v) is 5.19. The molecule has 0 bridgehead atoms. The zero-order valence-electron chi connectivity index (χ0n) is 12.9. The van der Waals surface area contributed by atoms with Crippen LogP contribution in [0.5, 0.6) is 0 Å². The first-order valence-electron chi connectivity index (χ1n) is 7.73. The number of hydrogen-bond donors (Lipinski definition) is 0. The number of rotatable bonds is 4. The zero-order valence-corrected chi connectivity index (χ0v) is 12.9. The Morgan fingerprint density at radius 1 is 0.609 bits per heavy atom. The van der Waals surface area contributed by atoms with E-state index in [1.807, 2.05) is 42.5 Å². The van der Waals surface area contributed by atoms with E-state index in [1.165, 1.54) is 16.7 Å². The van der Waals surface area contributed by atoms with E-state index in [0.29, 0.717) is 0 Å². The van der Waals surface area contributed by atoms with Crippen LogP contribution in [-0.4, -0.2) is 0 Å². The van der Waals surface area contributed by atoms with Crippen molar-refractivity contribution in [2.75, 3.05) is 0 Å². The van der Waals surface area contributed by atoms with E-state index in [2.05, 4.69) is 72.5 Å². The van der Waals surface area contributed by atoms with Crippen molar-refractivity contribution in [2.24, 2.45) is 0 Å². The minimum Gasteiger partial charge on any atom is -0.112 e. The van der Waals surface area contributed by atoms with Crippen LogP contribution in [0.4, 0.5) is 0 Å².